The number of nitrogens with one attached hydrogen (secondary N) is 1. The number of likely N-dealkylation sites (N-methyl/N-ethyl adjacent to an activating group) is 1. The molecule has 19 heavy (non-hydrogen) atoms. The lowest BCUT2D eigenvalue weighted by Crippen LogP contribution is -2.36. The number of hydrogen-bond donors (Lipinski definition) is 2. The normalized spacial score (nSPS) is 14.2. The first-order chi connectivity index (χ1) is 9.10. The van der Waals surface area contributed by atoms with E-state index in [1.54, 1.807) is 11.0 Å². The zero-order valence-electron chi connectivity index (χ0n) is 11.5. The van der Waals surface area contributed by atoms with Crippen molar-refractivity contribution in [1.82, 2.24) is 15.3 Å². The molecule has 1 saturated carbocycles. The van der Waals surface area contributed by atoms with Crippen molar-refractivity contribution in [2.24, 2.45) is 0 Å². The molecule has 0 aromatic carbocycles. The van der Waals surface area contributed by atoms with Crippen LogP contribution in [0.25, 0.3) is 0 Å². The standard InChI is InChI=1S/C13H21N5O/c1-3-6-15-12(19)8-18(2)11-7-10(14)16-13(17-11)9-4-5-9/h7,9H,3-6,8H2,1-2H3,(H,15,19)(H2,14,16,17). The van der Waals surface area contributed by atoms with Crippen LogP contribution in [0.2, 0.25) is 0 Å². The second kappa shape index (κ2) is 5.86. The Morgan fingerprint density at radius 1 is 1.53 bits per heavy atom. The maximum absolute atomic E-state index is 11.7. The molecule has 6 heteroatoms. The van der Waals surface area contributed by atoms with Crippen molar-refractivity contribution in [3.63, 3.8) is 0 Å². The van der Waals surface area contributed by atoms with Crippen LogP contribution in [0, 0.1) is 0 Å². The highest BCUT2D eigenvalue weighted by Gasteiger charge is 2.27. The van der Waals surface area contributed by atoms with Gasteiger partial charge < -0.3 is 16.0 Å². The van der Waals surface area contributed by atoms with Crippen molar-refractivity contribution in [2.45, 2.75) is 32.1 Å². The summed E-state index contributed by atoms with van der Waals surface area (Å²) in [5.41, 5.74) is 5.80. The van der Waals surface area contributed by atoms with E-state index in [4.69, 9.17) is 5.73 Å². The van der Waals surface area contributed by atoms with E-state index in [2.05, 4.69) is 15.3 Å². The molecule has 1 aromatic rings. The van der Waals surface area contributed by atoms with Crippen molar-refractivity contribution in [3.05, 3.63) is 11.9 Å². The third kappa shape index (κ3) is 3.81. The zero-order chi connectivity index (χ0) is 13.8. The van der Waals surface area contributed by atoms with Gasteiger partial charge in [-0.3, -0.25) is 4.79 Å². The van der Waals surface area contributed by atoms with Crippen molar-refractivity contribution in [1.29, 1.82) is 0 Å². The van der Waals surface area contributed by atoms with Crippen molar-refractivity contribution in [2.75, 3.05) is 30.8 Å². The number of rotatable bonds is 6. The number of anilines is 2. The molecule has 0 saturated heterocycles. The Morgan fingerprint density at radius 3 is 2.89 bits per heavy atom. The predicted octanol–water partition coefficient (Wildman–Crippen LogP) is 0.899. The molecule has 2 rings (SSSR count). The summed E-state index contributed by atoms with van der Waals surface area (Å²) in [6.45, 7) is 3.00. The van der Waals surface area contributed by atoms with Crippen LogP contribution in [0.5, 0.6) is 0 Å². The van der Waals surface area contributed by atoms with Gasteiger partial charge in [0.1, 0.15) is 17.5 Å². The van der Waals surface area contributed by atoms with Crippen molar-refractivity contribution < 1.29 is 4.79 Å². The Hall–Kier alpha value is -1.85. The van der Waals surface area contributed by atoms with E-state index in [9.17, 15) is 4.79 Å². The molecule has 1 fully saturated rings. The van der Waals surface area contributed by atoms with E-state index in [1.165, 1.54) is 0 Å². The molecule has 0 bridgehead atoms. The summed E-state index contributed by atoms with van der Waals surface area (Å²) in [4.78, 5) is 22.2. The molecule has 0 unspecified atom stereocenters. The first kappa shape index (κ1) is 13.6. The minimum absolute atomic E-state index is 0.00509. The third-order valence-electron chi connectivity index (χ3n) is 3.04. The van der Waals surface area contributed by atoms with Gasteiger partial charge in [-0.25, -0.2) is 9.97 Å². The Labute approximate surface area is 113 Å². The van der Waals surface area contributed by atoms with E-state index in [0.29, 0.717) is 24.1 Å². The summed E-state index contributed by atoms with van der Waals surface area (Å²) < 4.78 is 0. The Balaban J connectivity index is 2.01. The molecule has 104 valence electrons. The van der Waals surface area contributed by atoms with Crippen LogP contribution in [-0.4, -0.2) is 36.0 Å². The molecular formula is C13H21N5O. The summed E-state index contributed by atoms with van der Waals surface area (Å²) in [7, 11) is 1.84. The summed E-state index contributed by atoms with van der Waals surface area (Å²) in [6.07, 6.45) is 3.19. The monoisotopic (exact) mass is 263 g/mol. The number of aromatic nitrogens is 2. The number of carbonyl (C=O) groups is 1. The molecule has 1 aliphatic carbocycles. The van der Waals surface area contributed by atoms with Crippen molar-refractivity contribution in [3.8, 4) is 0 Å². The number of nitrogen functional groups attached to an aromatic ring is 1. The van der Waals surface area contributed by atoms with Crippen LogP contribution in [0.3, 0.4) is 0 Å². The minimum Gasteiger partial charge on any atom is -0.384 e. The smallest absolute Gasteiger partial charge is 0.239 e. The van der Waals surface area contributed by atoms with Gasteiger partial charge in [0.25, 0.3) is 0 Å². The van der Waals surface area contributed by atoms with Gasteiger partial charge in [0, 0.05) is 25.6 Å². The fourth-order valence-corrected chi connectivity index (χ4v) is 1.81. The molecule has 6 nitrogen and oxygen atoms in total. The van der Waals surface area contributed by atoms with Crippen molar-refractivity contribution >= 4 is 17.5 Å². The Morgan fingerprint density at radius 2 is 2.26 bits per heavy atom. The molecule has 0 radical (unpaired) electrons. The average Bonchev–Trinajstić information content (AvgIpc) is 3.19. The van der Waals surface area contributed by atoms with Gasteiger partial charge in [-0.2, -0.15) is 0 Å². The SMILES string of the molecule is CCCNC(=O)CN(C)c1cc(N)nc(C2CC2)n1. The number of nitrogens with two attached hydrogens (primary N) is 1. The molecule has 1 aromatic heterocycles. The molecule has 1 amide bonds. The Kier molecular flexibility index (Phi) is 4.19. The maximum Gasteiger partial charge on any atom is 0.239 e. The number of carbonyl (C=O) groups excluding carboxylic acids is 1. The lowest BCUT2D eigenvalue weighted by Gasteiger charge is -2.18. The molecule has 1 aliphatic rings. The van der Waals surface area contributed by atoms with E-state index in [-0.39, 0.29) is 12.5 Å². The van der Waals surface area contributed by atoms with E-state index < -0.39 is 0 Å². The van der Waals surface area contributed by atoms with Crippen LogP contribution in [-0.2, 0) is 4.79 Å². The summed E-state index contributed by atoms with van der Waals surface area (Å²) >= 11 is 0. The van der Waals surface area contributed by atoms with Gasteiger partial charge in [-0.05, 0) is 19.3 Å². The molecule has 0 spiro atoms. The first-order valence-electron chi connectivity index (χ1n) is 6.72. The van der Waals surface area contributed by atoms with E-state index >= 15 is 0 Å². The topological polar surface area (TPSA) is 84.1 Å². The van der Waals surface area contributed by atoms with Crippen LogP contribution < -0.4 is 16.0 Å². The lowest BCUT2D eigenvalue weighted by atomic mass is 10.3. The third-order valence-corrected chi connectivity index (χ3v) is 3.04. The maximum atomic E-state index is 11.7. The highest BCUT2D eigenvalue weighted by atomic mass is 16.2. The fourth-order valence-electron chi connectivity index (χ4n) is 1.81. The van der Waals surface area contributed by atoms with Crippen LogP contribution in [0.15, 0.2) is 6.07 Å². The van der Waals surface area contributed by atoms with Gasteiger partial charge in [-0.15, -0.1) is 0 Å². The van der Waals surface area contributed by atoms with E-state index in [1.807, 2.05) is 14.0 Å². The second-order valence-corrected chi connectivity index (χ2v) is 4.99. The zero-order valence-corrected chi connectivity index (χ0v) is 11.5. The number of amides is 1. The molecule has 0 aliphatic heterocycles. The number of nitrogens with zero attached hydrogens (tertiary/aromatic N) is 3. The summed E-state index contributed by atoms with van der Waals surface area (Å²) in [6, 6.07) is 1.71. The first-order valence-corrected chi connectivity index (χ1v) is 6.72. The van der Waals surface area contributed by atoms with Crippen LogP contribution in [0.4, 0.5) is 11.6 Å². The largest absolute Gasteiger partial charge is 0.384 e. The van der Waals surface area contributed by atoms with Crippen LogP contribution in [0.1, 0.15) is 37.9 Å². The van der Waals surface area contributed by atoms with Gasteiger partial charge in [0.05, 0.1) is 6.54 Å². The average molecular weight is 263 g/mol. The predicted molar refractivity (Wildman–Crippen MR) is 75.0 cm³/mol. The van der Waals surface area contributed by atoms with Gasteiger partial charge in [0.2, 0.25) is 5.91 Å². The van der Waals surface area contributed by atoms with Crippen LogP contribution >= 0.6 is 0 Å². The Bertz CT molecular complexity index is 458. The lowest BCUT2D eigenvalue weighted by molar-refractivity contribution is -0.119. The number of hydrogen-bond acceptors (Lipinski definition) is 5. The summed E-state index contributed by atoms with van der Waals surface area (Å²) in [5.74, 6) is 2.42. The summed E-state index contributed by atoms with van der Waals surface area (Å²) in [5, 5.41) is 2.84. The minimum atomic E-state index is -0.00509. The molecular weight excluding hydrogens is 242 g/mol. The molecule has 1 heterocycles. The highest BCUT2D eigenvalue weighted by molar-refractivity contribution is 5.80. The van der Waals surface area contributed by atoms with Gasteiger partial charge >= 0.3 is 0 Å². The quantitative estimate of drug-likeness (QED) is 0.796. The molecule has 0 atom stereocenters. The second-order valence-electron chi connectivity index (χ2n) is 4.99. The fraction of sp³-hybridized carbons (Fsp3) is 0.615. The molecule has 3 N–H and O–H groups in total. The van der Waals surface area contributed by atoms with E-state index in [0.717, 1.165) is 25.1 Å². The van der Waals surface area contributed by atoms with Gasteiger partial charge in [0.15, 0.2) is 0 Å². The highest BCUT2D eigenvalue weighted by Crippen LogP contribution is 2.38. The van der Waals surface area contributed by atoms with Gasteiger partial charge in [-0.1, -0.05) is 6.92 Å².